The summed E-state index contributed by atoms with van der Waals surface area (Å²) in [7, 11) is 14.6. The number of halogens is 3. The fourth-order valence-corrected chi connectivity index (χ4v) is 0.534. The van der Waals surface area contributed by atoms with Gasteiger partial charge < -0.3 is 0 Å². The fraction of sp³-hybridized carbons (Fsp3) is 0.143. The quantitative estimate of drug-likeness (QED) is 0.638. The normalized spacial score (nSPS) is 6.67. The van der Waals surface area contributed by atoms with Crippen molar-refractivity contribution >= 4 is 44.0 Å². The summed E-state index contributed by atoms with van der Waals surface area (Å²) in [6.07, 6.45) is 0. The number of benzene rings is 1. The molecule has 0 radical (unpaired) electrons. The van der Waals surface area contributed by atoms with E-state index in [0.29, 0.717) is 0 Å². The van der Waals surface area contributed by atoms with Gasteiger partial charge in [-0.1, -0.05) is 35.9 Å². The average Bonchev–Trinajstić information content (AvgIpc) is 2.11. The van der Waals surface area contributed by atoms with Gasteiger partial charge in [-0.15, -0.1) is 0 Å². The van der Waals surface area contributed by atoms with Crippen molar-refractivity contribution in [3.05, 3.63) is 35.9 Å². The molecule has 0 fully saturated rings. The number of aryl methyl sites for hydroxylation is 1. The Morgan fingerprint density at radius 1 is 1.08 bits per heavy atom. The second-order valence-electron chi connectivity index (χ2n) is 1.73. The Labute approximate surface area is 103 Å². The van der Waals surface area contributed by atoms with E-state index in [1.807, 2.05) is 18.2 Å². The molecule has 1 aromatic rings. The number of hydrogen-bond donors (Lipinski definition) is 0. The Kier molecular flexibility index (Phi) is 19.5. The molecule has 1 rings (SSSR count). The summed E-state index contributed by atoms with van der Waals surface area (Å²) in [5, 5.41) is 0. The van der Waals surface area contributed by atoms with E-state index < -0.39 is 17.0 Å². The third kappa shape index (κ3) is 13.9. The maximum absolute atomic E-state index is 4.89. The monoisotopic (exact) mass is 274 g/mol. The summed E-state index contributed by atoms with van der Waals surface area (Å²) >= 11 is 0.222. The summed E-state index contributed by atoms with van der Waals surface area (Å²) in [5.74, 6) is 0. The van der Waals surface area contributed by atoms with E-state index in [0.717, 1.165) is 15.4 Å². The zero-order chi connectivity index (χ0) is 9.82. The summed E-state index contributed by atoms with van der Waals surface area (Å²) in [6.45, 7) is 2.08. The van der Waals surface area contributed by atoms with Gasteiger partial charge in [-0.25, -0.2) is 0 Å². The Morgan fingerprint density at radius 3 is 1.58 bits per heavy atom. The standard InChI is InChI=1S/C7H8.Al.3ClH.Ti.2H/c1-7-5-3-2-4-6-7;;;;;;;/h2-6H,1H3;;3*1H;;;/q;+1;;;;+2;;/p-3. The van der Waals surface area contributed by atoms with Crippen LogP contribution in [0.4, 0.5) is 0 Å². The van der Waals surface area contributed by atoms with Crippen LogP contribution in [0.25, 0.3) is 0 Å². The second-order valence-corrected chi connectivity index (χ2v) is 4.31. The molecule has 0 atom stereocenters. The minimum absolute atomic E-state index is 0.556. The van der Waals surface area contributed by atoms with Crippen molar-refractivity contribution in [2.45, 2.75) is 6.92 Å². The molecular formula is C7H10AlCl3Ti. The van der Waals surface area contributed by atoms with Crippen LogP contribution in [0.1, 0.15) is 5.56 Å². The number of rotatable bonds is 0. The van der Waals surface area contributed by atoms with Gasteiger partial charge in [0.1, 0.15) is 0 Å². The van der Waals surface area contributed by atoms with E-state index in [4.69, 9.17) is 28.7 Å². The first kappa shape index (κ1) is 15.8. The van der Waals surface area contributed by atoms with Gasteiger partial charge in [0.05, 0.1) is 0 Å². The van der Waals surface area contributed by atoms with Crippen molar-refractivity contribution < 1.29 is 17.0 Å². The van der Waals surface area contributed by atoms with Crippen LogP contribution in [0.2, 0.25) is 0 Å². The molecule has 0 saturated carbocycles. The van der Waals surface area contributed by atoms with Crippen molar-refractivity contribution in [2.24, 2.45) is 0 Å². The van der Waals surface area contributed by atoms with Crippen LogP contribution in [0.5, 0.6) is 0 Å². The summed E-state index contributed by atoms with van der Waals surface area (Å²) < 4.78 is 0. The summed E-state index contributed by atoms with van der Waals surface area (Å²) in [5.41, 5.74) is 1.32. The van der Waals surface area contributed by atoms with Crippen LogP contribution < -0.4 is 0 Å². The maximum atomic E-state index is 4.89. The van der Waals surface area contributed by atoms with E-state index in [1.54, 1.807) is 0 Å². The Morgan fingerprint density at radius 2 is 1.42 bits per heavy atom. The van der Waals surface area contributed by atoms with Crippen molar-refractivity contribution in [3.63, 3.8) is 0 Å². The van der Waals surface area contributed by atoms with Gasteiger partial charge in [-0.2, -0.15) is 0 Å². The second kappa shape index (κ2) is 14.8. The van der Waals surface area contributed by atoms with E-state index in [2.05, 4.69) is 19.1 Å². The summed E-state index contributed by atoms with van der Waals surface area (Å²) in [6, 6.07) is 10.3. The Hall–Kier alpha value is 1.34. The molecule has 12 heavy (non-hydrogen) atoms. The first-order valence-electron chi connectivity index (χ1n) is 3.17. The van der Waals surface area contributed by atoms with Gasteiger partial charge in [0, 0.05) is 0 Å². The third-order valence-corrected chi connectivity index (χ3v) is 0.940. The first-order chi connectivity index (χ1) is 5.81. The Bertz CT molecular complexity index is 160. The van der Waals surface area contributed by atoms with Crippen molar-refractivity contribution in [1.29, 1.82) is 0 Å². The SMILES string of the molecule is Cc1ccccc1.[AlH2][Cl].[Cl][Ti][Cl]. The van der Waals surface area contributed by atoms with Crippen LogP contribution in [0.15, 0.2) is 30.3 Å². The topological polar surface area (TPSA) is 0 Å². The molecule has 5 heteroatoms. The zero-order valence-corrected chi connectivity index (χ0v) is 12.8. The predicted octanol–water partition coefficient (Wildman–Crippen LogP) is 3.14. The fourth-order valence-electron chi connectivity index (χ4n) is 0.534. The van der Waals surface area contributed by atoms with E-state index in [9.17, 15) is 0 Å². The molecular weight excluding hydrogens is 265 g/mol. The van der Waals surface area contributed by atoms with Crippen LogP contribution in [0.3, 0.4) is 0 Å². The van der Waals surface area contributed by atoms with Gasteiger partial charge >= 0.3 is 51.0 Å². The summed E-state index contributed by atoms with van der Waals surface area (Å²) in [4.78, 5) is 0. The Balaban J connectivity index is 0. The van der Waals surface area contributed by atoms with Gasteiger partial charge in [0.25, 0.3) is 0 Å². The molecule has 0 N–H and O–H groups in total. The molecule has 0 amide bonds. The van der Waals surface area contributed by atoms with Gasteiger partial charge in [-0.3, -0.25) is 10.0 Å². The molecule has 0 unspecified atom stereocenters. The molecule has 0 bridgehead atoms. The van der Waals surface area contributed by atoms with E-state index >= 15 is 0 Å². The minimum atomic E-state index is -0.556. The molecule has 0 spiro atoms. The molecule has 0 aliphatic carbocycles. The molecule has 0 saturated heterocycles. The molecule has 1 aromatic carbocycles. The van der Waals surface area contributed by atoms with Crippen molar-refractivity contribution in [1.82, 2.24) is 0 Å². The first-order valence-corrected chi connectivity index (χ1v) is 10.5. The van der Waals surface area contributed by atoms with Crippen LogP contribution in [0, 0.1) is 6.92 Å². The molecule has 0 aliphatic rings. The predicted molar refractivity (Wildman–Crippen MR) is 57.3 cm³/mol. The van der Waals surface area contributed by atoms with Crippen LogP contribution >= 0.6 is 28.7 Å². The third-order valence-electron chi connectivity index (χ3n) is 0.940. The van der Waals surface area contributed by atoms with Crippen molar-refractivity contribution in [2.75, 3.05) is 0 Å². The molecule has 66 valence electrons. The van der Waals surface area contributed by atoms with E-state index in [-0.39, 0.29) is 0 Å². The van der Waals surface area contributed by atoms with Crippen LogP contribution in [-0.2, 0) is 17.0 Å². The molecule has 0 aliphatic heterocycles. The van der Waals surface area contributed by atoms with Gasteiger partial charge in [0.15, 0.2) is 0 Å². The molecule has 0 nitrogen and oxygen atoms in total. The molecule has 0 heterocycles. The number of hydrogen-bond acceptors (Lipinski definition) is 0. The zero-order valence-electron chi connectivity index (χ0n) is 7.02. The average molecular weight is 275 g/mol. The van der Waals surface area contributed by atoms with E-state index in [1.165, 1.54) is 5.56 Å². The molecule has 0 aromatic heterocycles. The van der Waals surface area contributed by atoms with Crippen molar-refractivity contribution in [3.8, 4) is 0 Å². The van der Waals surface area contributed by atoms with Gasteiger partial charge in [0.2, 0.25) is 0 Å². The van der Waals surface area contributed by atoms with Crippen LogP contribution in [-0.4, -0.2) is 15.4 Å². The van der Waals surface area contributed by atoms with Gasteiger partial charge in [-0.05, 0) is 6.92 Å².